The zero-order chi connectivity index (χ0) is 16.9. The first-order valence-corrected chi connectivity index (χ1v) is 8.95. The molecule has 1 aliphatic rings. The molecule has 1 aliphatic carbocycles. The Hall–Kier alpha value is -1.92. The number of carbonyl (C=O) groups excluding carboxylic acids is 1. The number of ether oxygens (including phenoxy) is 2. The van der Waals surface area contributed by atoms with E-state index in [1.165, 1.54) is 5.56 Å². The molecule has 0 N–H and O–H groups in total. The van der Waals surface area contributed by atoms with Crippen LogP contribution in [0.2, 0.25) is 0 Å². The van der Waals surface area contributed by atoms with Gasteiger partial charge < -0.3 is 14.4 Å². The van der Waals surface area contributed by atoms with Crippen molar-refractivity contribution < 1.29 is 14.3 Å². The average Bonchev–Trinajstić information content (AvgIpc) is 3.32. The fourth-order valence-corrected chi connectivity index (χ4v) is 3.15. The van der Waals surface area contributed by atoms with Crippen molar-refractivity contribution in [3.8, 4) is 5.75 Å². The van der Waals surface area contributed by atoms with Gasteiger partial charge in [-0.3, -0.25) is 4.79 Å². The smallest absolute Gasteiger partial charge is 0.249 e. The lowest BCUT2D eigenvalue weighted by molar-refractivity contribution is -0.136. The Kier molecular flexibility index (Phi) is 5.48. The lowest BCUT2D eigenvalue weighted by Crippen LogP contribution is -2.35. The fraction of sp³-hybridized carbons (Fsp3) is 0.444. The molecule has 1 aromatic carbocycles. The van der Waals surface area contributed by atoms with Crippen LogP contribution < -0.4 is 4.74 Å². The van der Waals surface area contributed by atoms with Gasteiger partial charge in [0.25, 0.3) is 0 Å². The molecule has 1 aromatic heterocycles. The van der Waals surface area contributed by atoms with E-state index in [9.17, 15) is 4.79 Å². The summed E-state index contributed by atoms with van der Waals surface area (Å²) in [4.78, 5) is 18.6. The van der Waals surface area contributed by atoms with E-state index in [-0.39, 0.29) is 12.5 Å². The second kappa shape index (κ2) is 7.77. The number of aryl methyl sites for hydroxylation is 1. The summed E-state index contributed by atoms with van der Waals surface area (Å²) in [7, 11) is 1.55. The van der Waals surface area contributed by atoms with Crippen molar-refractivity contribution in [2.24, 2.45) is 0 Å². The van der Waals surface area contributed by atoms with Gasteiger partial charge in [0.1, 0.15) is 24.0 Å². The molecule has 0 saturated heterocycles. The van der Waals surface area contributed by atoms with Crippen molar-refractivity contribution in [1.82, 2.24) is 9.88 Å². The zero-order valence-corrected chi connectivity index (χ0v) is 14.8. The van der Waals surface area contributed by atoms with Gasteiger partial charge in [0.2, 0.25) is 5.91 Å². The Balaban J connectivity index is 1.56. The van der Waals surface area contributed by atoms with E-state index in [0.29, 0.717) is 19.2 Å². The topological polar surface area (TPSA) is 51.7 Å². The molecule has 128 valence electrons. The van der Waals surface area contributed by atoms with Gasteiger partial charge in [-0.2, -0.15) is 0 Å². The number of rotatable bonds is 8. The summed E-state index contributed by atoms with van der Waals surface area (Å²) >= 11 is 1.57. The predicted octanol–water partition coefficient (Wildman–Crippen LogP) is 3.17. The molecule has 1 heterocycles. The molecule has 0 spiro atoms. The van der Waals surface area contributed by atoms with Crippen molar-refractivity contribution in [2.45, 2.75) is 39.0 Å². The van der Waals surface area contributed by atoms with Gasteiger partial charge >= 0.3 is 0 Å². The van der Waals surface area contributed by atoms with Crippen LogP contribution in [0.1, 0.15) is 29.1 Å². The lowest BCUT2D eigenvalue weighted by atomic mass is 10.2. The molecule has 6 heteroatoms. The average molecular weight is 346 g/mol. The third-order valence-corrected chi connectivity index (χ3v) is 4.76. The van der Waals surface area contributed by atoms with Crippen LogP contribution in [-0.4, -0.2) is 35.5 Å². The van der Waals surface area contributed by atoms with E-state index >= 15 is 0 Å². The van der Waals surface area contributed by atoms with E-state index in [4.69, 9.17) is 9.47 Å². The van der Waals surface area contributed by atoms with E-state index in [2.05, 4.69) is 4.98 Å². The van der Waals surface area contributed by atoms with E-state index in [1.54, 1.807) is 18.4 Å². The number of carbonyl (C=O) groups is 1. The standard InChI is InChI=1S/C18H22N2O3S/c1-13-3-7-16(8-4-13)23-10-17-19-14(12-24-17)9-20(15-5-6-15)18(21)11-22-2/h3-4,7-8,12,15H,5-6,9-11H2,1-2H3. The molecule has 0 unspecified atom stereocenters. The van der Waals surface area contributed by atoms with Crippen LogP contribution >= 0.6 is 11.3 Å². The molecule has 1 fully saturated rings. The first kappa shape index (κ1) is 16.9. The highest BCUT2D eigenvalue weighted by Crippen LogP contribution is 2.29. The number of thiazole rings is 1. The molecular formula is C18H22N2O3S. The molecule has 0 atom stereocenters. The molecule has 24 heavy (non-hydrogen) atoms. The Morgan fingerprint density at radius 1 is 1.33 bits per heavy atom. The van der Waals surface area contributed by atoms with Gasteiger partial charge in [0.05, 0.1) is 12.2 Å². The summed E-state index contributed by atoms with van der Waals surface area (Å²) in [6.07, 6.45) is 2.14. The van der Waals surface area contributed by atoms with Crippen LogP contribution in [-0.2, 0) is 22.7 Å². The van der Waals surface area contributed by atoms with Gasteiger partial charge in [-0.1, -0.05) is 17.7 Å². The maximum atomic E-state index is 12.1. The maximum absolute atomic E-state index is 12.1. The van der Waals surface area contributed by atoms with Crippen molar-refractivity contribution in [2.75, 3.05) is 13.7 Å². The highest BCUT2D eigenvalue weighted by molar-refractivity contribution is 7.09. The van der Waals surface area contributed by atoms with Crippen molar-refractivity contribution >= 4 is 17.2 Å². The van der Waals surface area contributed by atoms with Crippen LogP contribution in [0.3, 0.4) is 0 Å². The number of amides is 1. The van der Waals surface area contributed by atoms with E-state index in [0.717, 1.165) is 29.3 Å². The Bertz CT molecular complexity index is 680. The van der Waals surface area contributed by atoms with E-state index < -0.39 is 0 Å². The van der Waals surface area contributed by atoms with Crippen LogP contribution in [0.25, 0.3) is 0 Å². The largest absolute Gasteiger partial charge is 0.486 e. The summed E-state index contributed by atoms with van der Waals surface area (Å²) in [5.41, 5.74) is 2.12. The monoisotopic (exact) mass is 346 g/mol. The molecule has 5 nitrogen and oxygen atoms in total. The minimum Gasteiger partial charge on any atom is -0.486 e. The molecule has 1 saturated carbocycles. The zero-order valence-electron chi connectivity index (χ0n) is 14.0. The Morgan fingerprint density at radius 3 is 2.75 bits per heavy atom. The molecule has 0 bridgehead atoms. The fourth-order valence-electron chi connectivity index (χ4n) is 2.46. The number of hydrogen-bond acceptors (Lipinski definition) is 5. The predicted molar refractivity (Wildman–Crippen MR) is 93.1 cm³/mol. The number of aromatic nitrogens is 1. The summed E-state index contributed by atoms with van der Waals surface area (Å²) in [6, 6.07) is 8.32. The van der Waals surface area contributed by atoms with Crippen molar-refractivity contribution in [3.63, 3.8) is 0 Å². The van der Waals surface area contributed by atoms with Crippen LogP contribution in [0.4, 0.5) is 0 Å². The highest BCUT2D eigenvalue weighted by Gasteiger charge is 2.32. The number of nitrogens with zero attached hydrogens (tertiary/aromatic N) is 2. The second-order valence-electron chi connectivity index (χ2n) is 6.02. The highest BCUT2D eigenvalue weighted by atomic mass is 32.1. The number of benzene rings is 1. The summed E-state index contributed by atoms with van der Waals surface area (Å²) in [5.74, 6) is 0.873. The Labute approximate surface area is 146 Å². The molecule has 2 aromatic rings. The molecule has 3 rings (SSSR count). The van der Waals surface area contributed by atoms with Crippen molar-refractivity contribution in [3.05, 3.63) is 45.9 Å². The molecule has 1 amide bonds. The van der Waals surface area contributed by atoms with Crippen LogP contribution in [0, 0.1) is 6.92 Å². The molecule has 0 radical (unpaired) electrons. The van der Waals surface area contributed by atoms with Gasteiger partial charge in [-0.05, 0) is 31.9 Å². The van der Waals surface area contributed by atoms with Gasteiger partial charge in [-0.25, -0.2) is 4.98 Å². The Morgan fingerprint density at radius 2 is 2.08 bits per heavy atom. The summed E-state index contributed by atoms with van der Waals surface area (Å²) < 4.78 is 10.7. The second-order valence-corrected chi connectivity index (χ2v) is 6.96. The number of hydrogen-bond donors (Lipinski definition) is 0. The number of methoxy groups -OCH3 is 1. The first-order valence-electron chi connectivity index (χ1n) is 8.07. The molecule has 0 aliphatic heterocycles. The van der Waals surface area contributed by atoms with Gasteiger partial charge in [-0.15, -0.1) is 11.3 Å². The molecular weight excluding hydrogens is 324 g/mol. The SMILES string of the molecule is COCC(=O)N(Cc1csc(COc2ccc(C)cc2)n1)C1CC1. The third kappa shape index (κ3) is 4.55. The third-order valence-electron chi connectivity index (χ3n) is 3.89. The van der Waals surface area contributed by atoms with Gasteiger partial charge in [0, 0.05) is 18.5 Å². The first-order chi connectivity index (χ1) is 11.7. The van der Waals surface area contributed by atoms with Crippen LogP contribution in [0.15, 0.2) is 29.6 Å². The van der Waals surface area contributed by atoms with Crippen molar-refractivity contribution in [1.29, 1.82) is 0 Å². The quantitative estimate of drug-likeness (QED) is 0.737. The normalized spacial score (nSPS) is 13.8. The summed E-state index contributed by atoms with van der Waals surface area (Å²) in [5, 5.41) is 2.92. The van der Waals surface area contributed by atoms with Crippen LogP contribution in [0.5, 0.6) is 5.75 Å². The van der Waals surface area contributed by atoms with Gasteiger partial charge in [0.15, 0.2) is 0 Å². The lowest BCUT2D eigenvalue weighted by Gasteiger charge is -2.20. The van der Waals surface area contributed by atoms with E-state index in [1.807, 2.05) is 41.5 Å². The minimum absolute atomic E-state index is 0.0328. The summed E-state index contributed by atoms with van der Waals surface area (Å²) in [6.45, 7) is 3.18. The maximum Gasteiger partial charge on any atom is 0.249 e. The minimum atomic E-state index is 0.0328.